The van der Waals surface area contributed by atoms with Gasteiger partial charge in [-0.25, -0.2) is 0 Å². The van der Waals surface area contributed by atoms with Crippen LogP contribution in [0.15, 0.2) is 24.3 Å². The second-order valence-corrected chi connectivity index (χ2v) is 2.54. The summed E-state index contributed by atoms with van der Waals surface area (Å²) in [6.07, 6.45) is -0.806. The maximum atomic E-state index is 9.43. The minimum Gasteiger partial charge on any atom is -0.481 e. The van der Waals surface area contributed by atoms with E-state index >= 15 is 0 Å². The van der Waals surface area contributed by atoms with Crippen molar-refractivity contribution in [2.75, 3.05) is 0 Å². The largest absolute Gasteiger partial charge is 1.00 e. The smallest absolute Gasteiger partial charge is 0.481 e. The van der Waals surface area contributed by atoms with Crippen molar-refractivity contribution in [2.45, 2.75) is 13.3 Å². The van der Waals surface area contributed by atoms with Crippen LogP contribution in [-0.4, -0.2) is 22.2 Å². The second-order valence-electron chi connectivity index (χ2n) is 2.54. The number of aliphatic carboxylic acids is 2. The molecule has 0 unspecified atom stereocenters. The SMILES string of the molecule is Cc1cc[c-]cc1.O=C(O)CC(=O)O.[Na+]. The summed E-state index contributed by atoms with van der Waals surface area (Å²) < 4.78 is 0. The summed E-state index contributed by atoms with van der Waals surface area (Å²) in [7, 11) is 0. The number of aryl methyl sites for hydroxylation is 1. The Hall–Kier alpha value is -0.840. The van der Waals surface area contributed by atoms with E-state index in [-0.39, 0.29) is 29.6 Å². The maximum Gasteiger partial charge on any atom is 1.00 e. The quantitative estimate of drug-likeness (QED) is 0.354. The summed E-state index contributed by atoms with van der Waals surface area (Å²) in [5.74, 6) is -2.62. The Bertz CT molecular complexity index is 286. The zero-order valence-electron chi connectivity index (χ0n) is 8.73. The second kappa shape index (κ2) is 9.71. The fourth-order valence-corrected chi connectivity index (χ4v) is 0.600. The maximum absolute atomic E-state index is 9.43. The minimum atomic E-state index is -1.31. The van der Waals surface area contributed by atoms with E-state index in [1.807, 2.05) is 24.3 Å². The van der Waals surface area contributed by atoms with Crippen LogP contribution in [0.1, 0.15) is 12.0 Å². The normalized spacial score (nSPS) is 7.80. The zero-order valence-corrected chi connectivity index (χ0v) is 10.7. The van der Waals surface area contributed by atoms with Gasteiger partial charge in [-0.05, 0) is 0 Å². The first-order chi connectivity index (χ1) is 6.52. The summed E-state index contributed by atoms with van der Waals surface area (Å²) in [5, 5.41) is 15.4. The van der Waals surface area contributed by atoms with Crippen LogP contribution in [0.4, 0.5) is 0 Å². The van der Waals surface area contributed by atoms with E-state index in [2.05, 4.69) is 13.0 Å². The van der Waals surface area contributed by atoms with Crippen LogP contribution in [0.2, 0.25) is 0 Å². The number of rotatable bonds is 2. The van der Waals surface area contributed by atoms with Crippen molar-refractivity contribution in [3.63, 3.8) is 0 Å². The number of carboxylic acid groups (broad SMARTS) is 2. The van der Waals surface area contributed by atoms with Gasteiger partial charge in [0, 0.05) is 0 Å². The third-order valence-corrected chi connectivity index (χ3v) is 1.19. The topological polar surface area (TPSA) is 74.6 Å². The monoisotopic (exact) mass is 218 g/mol. The summed E-state index contributed by atoms with van der Waals surface area (Å²) >= 11 is 0. The third-order valence-electron chi connectivity index (χ3n) is 1.19. The van der Waals surface area contributed by atoms with E-state index in [4.69, 9.17) is 10.2 Å². The van der Waals surface area contributed by atoms with Gasteiger partial charge in [-0.1, -0.05) is 6.92 Å². The average molecular weight is 218 g/mol. The number of hydrogen-bond donors (Lipinski definition) is 2. The van der Waals surface area contributed by atoms with Crippen LogP contribution in [0, 0.1) is 13.0 Å². The van der Waals surface area contributed by atoms with Gasteiger partial charge >= 0.3 is 41.5 Å². The molecule has 0 radical (unpaired) electrons. The molecule has 0 aliphatic heterocycles. The molecule has 0 heterocycles. The van der Waals surface area contributed by atoms with Crippen LogP contribution in [0.5, 0.6) is 0 Å². The van der Waals surface area contributed by atoms with Gasteiger partial charge in [0.05, 0.1) is 0 Å². The zero-order chi connectivity index (χ0) is 11.0. The predicted molar refractivity (Wildman–Crippen MR) is 49.9 cm³/mol. The Morgan fingerprint density at radius 3 is 1.73 bits per heavy atom. The van der Waals surface area contributed by atoms with Gasteiger partial charge in [0.2, 0.25) is 0 Å². The third kappa shape index (κ3) is 13.2. The van der Waals surface area contributed by atoms with E-state index in [9.17, 15) is 9.59 Å². The number of carboxylic acids is 2. The number of benzene rings is 1. The molecular weight excluding hydrogens is 207 g/mol. The molecule has 76 valence electrons. The van der Waals surface area contributed by atoms with Gasteiger partial charge in [-0.3, -0.25) is 9.59 Å². The fourth-order valence-electron chi connectivity index (χ4n) is 0.600. The van der Waals surface area contributed by atoms with E-state index < -0.39 is 18.4 Å². The fraction of sp³-hybridized carbons (Fsp3) is 0.200. The molecule has 0 fully saturated rings. The Morgan fingerprint density at radius 1 is 1.20 bits per heavy atom. The van der Waals surface area contributed by atoms with Gasteiger partial charge in [0.25, 0.3) is 0 Å². The Balaban J connectivity index is 0. The van der Waals surface area contributed by atoms with Crippen LogP contribution >= 0.6 is 0 Å². The molecule has 1 rings (SSSR count). The Kier molecular flexibility index (Phi) is 10.7. The summed E-state index contributed by atoms with van der Waals surface area (Å²) in [6.45, 7) is 2.06. The molecule has 2 N–H and O–H groups in total. The van der Waals surface area contributed by atoms with E-state index in [0.717, 1.165) is 0 Å². The summed E-state index contributed by atoms with van der Waals surface area (Å²) in [4.78, 5) is 18.9. The Morgan fingerprint density at radius 2 is 1.60 bits per heavy atom. The molecule has 0 atom stereocenters. The minimum absolute atomic E-state index is 0. The van der Waals surface area contributed by atoms with Gasteiger partial charge in [0.15, 0.2) is 0 Å². The molecule has 1 aromatic carbocycles. The van der Waals surface area contributed by atoms with E-state index in [1.54, 1.807) is 0 Å². The molecule has 0 saturated heterocycles. The van der Waals surface area contributed by atoms with Crippen molar-refractivity contribution in [2.24, 2.45) is 0 Å². The molecule has 0 aliphatic carbocycles. The molecule has 0 aliphatic rings. The first-order valence-electron chi connectivity index (χ1n) is 3.88. The molecule has 0 saturated carbocycles. The van der Waals surface area contributed by atoms with Crippen LogP contribution < -0.4 is 29.6 Å². The van der Waals surface area contributed by atoms with Crippen LogP contribution in [0.25, 0.3) is 0 Å². The molecule has 0 spiro atoms. The predicted octanol–water partition coefficient (Wildman–Crippen LogP) is -1.66. The number of carbonyl (C=O) groups is 2. The summed E-state index contributed by atoms with van der Waals surface area (Å²) in [5.41, 5.74) is 1.29. The molecule has 0 bridgehead atoms. The standard InChI is InChI=1S/C7H7.C3H4O4.Na/c1-7-5-3-2-4-6-7;4-2(5)1-3(6)7;/h3-6H,1H3;1H2,(H,4,5)(H,6,7);/q-1;;+1. The molecule has 15 heavy (non-hydrogen) atoms. The summed E-state index contributed by atoms with van der Waals surface area (Å²) in [6, 6.07) is 10.8. The van der Waals surface area contributed by atoms with Crippen molar-refractivity contribution in [1.29, 1.82) is 0 Å². The molecule has 1 aromatic rings. The molecular formula is C10H11NaO4. The molecule has 0 aromatic heterocycles. The van der Waals surface area contributed by atoms with Gasteiger partial charge < -0.3 is 10.2 Å². The average Bonchev–Trinajstić information content (AvgIpc) is 2.03. The van der Waals surface area contributed by atoms with Crippen LogP contribution in [-0.2, 0) is 9.59 Å². The number of hydrogen-bond acceptors (Lipinski definition) is 2. The molecule has 0 amide bonds. The van der Waals surface area contributed by atoms with Gasteiger partial charge in [0.1, 0.15) is 6.42 Å². The first-order valence-corrected chi connectivity index (χ1v) is 3.88. The first kappa shape index (κ1) is 16.6. The van der Waals surface area contributed by atoms with E-state index in [0.29, 0.717) is 0 Å². The Labute approximate surface area is 110 Å². The van der Waals surface area contributed by atoms with Gasteiger partial charge in [-0.15, -0.1) is 0 Å². The van der Waals surface area contributed by atoms with Crippen molar-refractivity contribution >= 4 is 11.9 Å². The van der Waals surface area contributed by atoms with Gasteiger partial charge in [-0.2, -0.15) is 35.9 Å². The van der Waals surface area contributed by atoms with Crippen molar-refractivity contribution in [3.8, 4) is 0 Å². The molecule has 5 heteroatoms. The van der Waals surface area contributed by atoms with Crippen molar-refractivity contribution < 1.29 is 49.4 Å². The van der Waals surface area contributed by atoms with E-state index in [1.165, 1.54) is 5.56 Å². The van der Waals surface area contributed by atoms with Crippen LogP contribution in [0.3, 0.4) is 0 Å². The molecule has 4 nitrogen and oxygen atoms in total. The van der Waals surface area contributed by atoms with Crippen molar-refractivity contribution in [3.05, 3.63) is 35.9 Å². The van der Waals surface area contributed by atoms with Crippen molar-refractivity contribution in [1.82, 2.24) is 0 Å².